The predicted molar refractivity (Wildman–Crippen MR) is 203 cm³/mol. The number of carbonyl (C=O) groups excluding carboxylic acids is 2. The molecule has 0 saturated heterocycles. The molecule has 0 radical (unpaired) electrons. The molecule has 264 valence electrons. The number of benzene rings is 5. The second-order valence-corrected chi connectivity index (χ2v) is 15.1. The van der Waals surface area contributed by atoms with Gasteiger partial charge in [-0.2, -0.15) is 0 Å². The summed E-state index contributed by atoms with van der Waals surface area (Å²) in [7, 11) is -4.28. The molecule has 0 aromatic heterocycles. The Kier molecular flexibility index (Phi) is 12.4. The van der Waals surface area contributed by atoms with Crippen molar-refractivity contribution in [2.75, 3.05) is 10.8 Å². The molecule has 11 heteroatoms. The molecule has 0 aliphatic heterocycles. The van der Waals surface area contributed by atoms with Crippen LogP contribution in [0.25, 0.3) is 0 Å². The third kappa shape index (κ3) is 9.91. The molecular weight excluding hydrogens is 705 g/mol. The van der Waals surface area contributed by atoms with Gasteiger partial charge in [-0.05, 0) is 92.6 Å². The Morgan fingerprint density at radius 1 is 0.784 bits per heavy atom. The highest BCUT2D eigenvalue weighted by Crippen LogP contribution is 2.30. The van der Waals surface area contributed by atoms with Gasteiger partial charge in [0.25, 0.3) is 10.0 Å². The number of sulfonamides is 1. The number of hydrogen-bond acceptors (Lipinski definition) is 5. The van der Waals surface area contributed by atoms with Gasteiger partial charge in [-0.3, -0.25) is 13.9 Å². The number of rotatable bonds is 14. The van der Waals surface area contributed by atoms with E-state index in [0.29, 0.717) is 27.1 Å². The van der Waals surface area contributed by atoms with E-state index in [2.05, 4.69) is 5.32 Å². The van der Waals surface area contributed by atoms with Gasteiger partial charge in [0.2, 0.25) is 11.8 Å². The Bertz CT molecular complexity index is 2040. The van der Waals surface area contributed by atoms with Gasteiger partial charge in [0.1, 0.15) is 24.1 Å². The van der Waals surface area contributed by atoms with E-state index >= 15 is 0 Å². The summed E-state index contributed by atoms with van der Waals surface area (Å²) in [6.07, 6.45) is 0.173. The van der Waals surface area contributed by atoms with Crippen LogP contribution in [0, 0.1) is 6.92 Å². The number of ether oxygens (including phenoxy) is 1. The third-order valence-electron chi connectivity index (χ3n) is 8.05. The Balaban J connectivity index is 1.57. The fourth-order valence-electron chi connectivity index (χ4n) is 5.44. The van der Waals surface area contributed by atoms with Crippen molar-refractivity contribution in [1.29, 1.82) is 0 Å². The zero-order valence-corrected chi connectivity index (χ0v) is 30.8. The van der Waals surface area contributed by atoms with Crippen LogP contribution >= 0.6 is 23.2 Å². The maximum atomic E-state index is 14.7. The molecule has 1 atom stereocenters. The van der Waals surface area contributed by atoms with Crippen molar-refractivity contribution in [2.45, 2.75) is 50.7 Å². The minimum atomic E-state index is -4.28. The van der Waals surface area contributed by atoms with E-state index in [-0.39, 0.29) is 35.5 Å². The molecule has 0 spiro atoms. The SMILES string of the molecule is Cc1ccc(S(=O)(=O)N(CC(=O)N(Cc2ccc(Cl)cc2Cl)[C@H](Cc2ccccc2)C(=O)NC(C)C)c2ccc(Oc3ccccc3)cc2)cc1. The predicted octanol–water partition coefficient (Wildman–Crippen LogP) is 8.45. The normalized spacial score (nSPS) is 11.9. The summed E-state index contributed by atoms with van der Waals surface area (Å²) >= 11 is 12.8. The minimum Gasteiger partial charge on any atom is -0.457 e. The standard InChI is InChI=1S/C40H39Cl2N3O5S/c1-28(2)43-40(47)38(24-30-10-6-4-7-11-30)44(26-31-16-17-32(41)25-37(31)42)39(46)27-45(51(48,49)36-22-14-29(3)15-23-36)33-18-20-35(21-19-33)50-34-12-8-5-9-13-34/h4-23,25,28,38H,24,26-27H2,1-3H3,(H,43,47)/t38-/m1/s1. The van der Waals surface area contributed by atoms with Crippen molar-refractivity contribution in [2.24, 2.45) is 0 Å². The number of para-hydroxylation sites is 1. The van der Waals surface area contributed by atoms with E-state index in [9.17, 15) is 18.0 Å². The molecule has 0 unspecified atom stereocenters. The van der Waals surface area contributed by atoms with Gasteiger partial charge >= 0.3 is 0 Å². The van der Waals surface area contributed by atoms with Gasteiger partial charge in [-0.15, -0.1) is 0 Å². The summed E-state index contributed by atoms with van der Waals surface area (Å²) in [6.45, 7) is 4.83. The summed E-state index contributed by atoms with van der Waals surface area (Å²) in [5.41, 5.74) is 2.48. The first-order valence-corrected chi connectivity index (χ1v) is 18.6. The van der Waals surface area contributed by atoms with E-state index in [1.54, 1.807) is 54.6 Å². The molecule has 0 heterocycles. The third-order valence-corrected chi connectivity index (χ3v) is 10.4. The summed E-state index contributed by atoms with van der Waals surface area (Å²) in [5.74, 6) is 0.102. The van der Waals surface area contributed by atoms with Gasteiger partial charge in [-0.25, -0.2) is 8.42 Å². The zero-order chi connectivity index (χ0) is 36.5. The van der Waals surface area contributed by atoms with E-state index < -0.39 is 28.5 Å². The van der Waals surface area contributed by atoms with Crippen LogP contribution in [-0.2, 0) is 32.6 Å². The lowest BCUT2D eigenvalue weighted by Crippen LogP contribution is -2.54. The summed E-state index contributed by atoms with van der Waals surface area (Å²) in [4.78, 5) is 30.0. The molecular formula is C40H39Cl2N3O5S. The van der Waals surface area contributed by atoms with E-state index in [0.717, 1.165) is 15.4 Å². The fourth-order valence-corrected chi connectivity index (χ4v) is 7.32. The highest BCUT2D eigenvalue weighted by Gasteiger charge is 2.35. The van der Waals surface area contributed by atoms with Gasteiger partial charge in [-0.1, -0.05) is 95.5 Å². The van der Waals surface area contributed by atoms with Crippen LogP contribution in [0.4, 0.5) is 5.69 Å². The molecule has 0 aliphatic carbocycles. The van der Waals surface area contributed by atoms with E-state index in [4.69, 9.17) is 27.9 Å². The average Bonchev–Trinajstić information content (AvgIpc) is 3.10. The molecule has 1 N–H and O–H groups in total. The van der Waals surface area contributed by atoms with Gasteiger partial charge in [0.15, 0.2) is 0 Å². The smallest absolute Gasteiger partial charge is 0.264 e. The van der Waals surface area contributed by atoms with Crippen molar-refractivity contribution < 1.29 is 22.7 Å². The molecule has 5 aromatic carbocycles. The highest BCUT2D eigenvalue weighted by molar-refractivity contribution is 7.92. The second-order valence-electron chi connectivity index (χ2n) is 12.4. The molecule has 0 fully saturated rings. The molecule has 0 aliphatic rings. The molecule has 5 rings (SSSR count). The van der Waals surface area contributed by atoms with Gasteiger partial charge in [0, 0.05) is 29.1 Å². The van der Waals surface area contributed by atoms with Crippen LogP contribution in [0.3, 0.4) is 0 Å². The van der Waals surface area contributed by atoms with Crippen LogP contribution in [0.1, 0.15) is 30.5 Å². The average molecular weight is 745 g/mol. The zero-order valence-electron chi connectivity index (χ0n) is 28.5. The summed E-state index contributed by atoms with van der Waals surface area (Å²) in [6, 6.07) is 35.1. The number of nitrogens with zero attached hydrogens (tertiary/aromatic N) is 2. The first-order valence-electron chi connectivity index (χ1n) is 16.4. The summed E-state index contributed by atoms with van der Waals surface area (Å²) in [5, 5.41) is 3.67. The lowest BCUT2D eigenvalue weighted by molar-refractivity contribution is -0.140. The molecule has 0 bridgehead atoms. The fraction of sp³-hybridized carbons (Fsp3) is 0.200. The number of nitrogens with one attached hydrogen (secondary N) is 1. The lowest BCUT2D eigenvalue weighted by Gasteiger charge is -2.34. The number of aryl methyl sites for hydroxylation is 1. The Morgan fingerprint density at radius 3 is 2.00 bits per heavy atom. The van der Waals surface area contributed by atoms with Crippen LogP contribution in [0.5, 0.6) is 11.5 Å². The minimum absolute atomic E-state index is 0.0104. The van der Waals surface area contributed by atoms with Crippen molar-refractivity contribution in [3.63, 3.8) is 0 Å². The first-order chi connectivity index (χ1) is 24.4. The van der Waals surface area contributed by atoms with Gasteiger partial charge < -0.3 is 15.0 Å². The number of amides is 2. The molecule has 0 saturated carbocycles. The van der Waals surface area contributed by atoms with Crippen molar-refractivity contribution in [3.05, 3.63) is 154 Å². The van der Waals surface area contributed by atoms with Crippen molar-refractivity contribution in [1.82, 2.24) is 10.2 Å². The van der Waals surface area contributed by atoms with Crippen LogP contribution in [0.15, 0.2) is 132 Å². The number of carbonyl (C=O) groups is 2. The Hall–Kier alpha value is -4.83. The quantitative estimate of drug-likeness (QED) is 0.123. The monoisotopic (exact) mass is 743 g/mol. The first kappa shape index (κ1) is 37.4. The van der Waals surface area contributed by atoms with Gasteiger partial charge in [0.05, 0.1) is 10.6 Å². The largest absolute Gasteiger partial charge is 0.457 e. The highest BCUT2D eigenvalue weighted by atomic mass is 35.5. The van der Waals surface area contributed by atoms with Crippen molar-refractivity contribution >= 4 is 50.7 Å². The molecule has 8 nitrogen and oxygen atoms in total. The Labute approximate surface area is 309 Å². The second kappa shape index (κ2) is 16.9. The number of halogens is 2. The van der Waals surface area contributed by atoms with Crippen LogP contribution in [0.2, 0.25) is 10.0 Å². The van der Waals surface area contributed by atoms with Crippen LogP contribution < -0.4 is 14.4 Å². The maximum Gasteiger partial charge on any atom is 0.264 e. The lowest BCUT2D eigenvalue weighted by atomic mass is 10.0. The Morgan fingerprint density at radius 2 is 1.39 bits per heavy atom. The molecule has 51 heavy (non-hydrogen) atoms. The summed E-state index contributed by atoms with van der Waals surface area (Å²) < 4.78 is 35.8. The van der Waals surface area contributed by atoms with E-state index in [1.165, 1.54) is 17.0 Å². The van der Waals surface area contributed by atoms with Crippen molar-refractivity contribution in [3.8, 4) is 11.5 Å². The van der Waals surface area contributed by atoms with Crippen LogP contribution in [-0.4, -0.2) is 43.8 Å². The number of anilines is 1. The van der Waals surface area contributed by atoms with E-state index in [1.807, 2.05) is 81.4 Å². The molecule has 5 aromatic rings. The number of hydrogen-bond donors (Lipinski definition) is 1. The maximum absolute atomic E-state index is 14.7. The molecule has 2 amide bonds. The topological polar surface area (TPSA) is 96.0 Å².